The van der Waals surface area contributed by atoms with Gasteiger partial charge >= 0.3 is 0 Å². The van der Waals surface area contributed by atoms with Gasteiger partial charge in [0.2, 0.25) is 5.91 Å². The van der Waals surface area contributed by atoms with Crippen LogP contribution in [0.2, 0.25) is 0 Å². The van der Waals surface area contributed by atoms with Gasteiger partial charge in [0.1, 0.15) is 0 Å². The van der Waals surface area contributed by atoms with Crippen molar-refractivity contribution in [2.24, 2.45) is 5.73 Å². The monoisotopic (exact) mass is 213 g/mol. The predicted molar refractivity (Wildman–Crippen MR) is 61.6 cm³/mol. The number of carbonyl (C=O) groups excluding carboxylic acids is 1. The zero-order valence-corrected chi connectivity index (χ0v) is 9.91. The van der Waals surface area contributed by atoms with E-state index >= 15 is 0 Å². The van der Waals surface area contributed by atoms with Crippen molar-refractivity contribution in [1.82, 2.24) is 9.80 Å². The van der Waals surface area contributed by atoms with Crippen molar-refractivity contribution in [3.8, 4) is 0 Å². The number of nitrogens with two attached hydrogens (primary N) is 1. The quantitative estimate of drug-likeness (QED) is 0.689. The normalized spacial score (nSPS) is 17.5. The number of rotatable bonds is 6. The molecule has 1 aliphatic heterocycles. The number of unbranched alkanes of at least 4 members (excludes halogenated alkanes) is 1. The summed E-state index contributed by atoms with van der Waals surface area (Å²) in [5, 5.41) is 0. The fourth-order valence-electron chi connectivity index (χ4n) is 1.84. The summed E-state index contributed by atoms with van der Waals surface area (Å²) in [6.07, 6.45) is 2.23. The van der Waals surface area contributed by atoms with E-state index in [0.717, 1.165) is 39.0 Å². The van der Waals surface area contributed by atoms with E-state index in [0.29, 0.717) is 6.54 Å². The Kier molecular flexibility index (Phi) is 5.05. The van der Waals surface area contributed by atoms with E-state index in [4.69, 9.17) is 5.73 Å². The highest BCUT2D eigenvalue weighted by atomic mass is 16.2. The summed E-state index contributed by atoms with van der Waals surface area (Å²) in [4.78, 5) is 15.9. The summed E-state index contributed by atoms with van der Waals surface area (Å²) in [5.41, 5.74) is 5.67. The Bertz CT molecular complexity index is 202. The number of hydrogen-bond donors (Lipinski definition) is 1. The average Bonchev–Trinajstić information content (AvgIpc) is 2.16. The molecule has 0 spiro atoms. The molecule has 0 aromatic carbocycles. The van der Waals surface area contributed by atoms with Gasteiger partial charge in [-0.2, -0.15) is 0 Å². The van der Waals surface area contributed by atoms with Gasteiger partial charge in [-0.15, -0.1) is 0 Å². The molecule has 0 aromatic heterocycles. The fraction of sp³-hybridized carbons (Fsp3) is 0.909. The molecule has 1 heterocycles. The molecular weight excluding hydrogens is 190 g/mol. The molecule has 0 aromatic rings. The zero-order valence-electron chi connectivity index (χ0n) is 9.91. The number of hydrogen-bond acceptors (Lipinski definition) is 3. The minimum Gasteiger partial charge on any atom is -0.342 e. The summed E-state index contributed by atoms with van der Waals surface area (Å²) in [5.74, 6) is 0.248. The second-order valence-corrected chi connectivity index (χ2v) is 4.28. The van der Waals surface area contributed by atoms with Crippen molar-refractivity contribution in [3.05, 3.63) is 0 Å². The van der Waals surface area contributed by atoms with Crippen LogP contribution < -0.4 is 5.73 Å². The highest BCUT2D eigenvalue weighted by molar-refractivity contribution is 5.78. The molecule has 0 bridgehead atoms. The Morgan fingerprint density at radius 3 is 2.60 bits per heavy atom. The second-order valence-electron chi connectivity index (χ2n) is 4.28. The van der Waals surface area contributed by atoms with Gasteiger partial charge < -0.3 is 10.6 Å². The van der Waals surface area contributed by atoms with Gasteiger partial charge in [0.05, 0.1) is 6.54 Å². The number of nitrogens with zero attached hydrogens (tertiary/aromatic N) is 2. The maximum Gasteiger partial charge on any atom is 0.236 e. The van der Waals surface area contributed by atoms with Gasteiger partial charge in [-0.05, 0) is 13.3 Å². The molecule has 0 atom stereocenters. The number of likely N-dealkylation sites (N-methyl/N-ethyl adjacent to an activating group) is 1. The Labute approximate surface area is 92.4 Å². The molecule has 4 heteroatoms. The molecule has 0 aliphatic carbocycles. The highest BCUT2D eigenvalue weighted by Crippen LogP contribution is 2.06. The lowest BCUT2D eigenvalue weighted by molar-refractivity contribution is -0.133. The largest absolute Gasteiger partial charge is 0.342 e. The minimum atomic E-state index is 0.248. The summed E-state index contributed by atoms with van der Waals surface area (Å²) < 4.78 is 0. The Hall–Kier alpha value is -0.610. The summed E-state index contributed by atoms with van der Waals surface area (Å²) in [7, 11) is 0. The van der Waals surface area contributed by atoms with Crippen LogP contribution >= 0.6 is 0 Å². The van der Waals surface area contributed by atoms with Crippen LogP contribution in [0.3, 0.4) is 0 Å². The van der Waals surface area contributed by atoms with Crippen molar-refractivity contribution in [3.63, 3.8) is 0 Å². The standard InChI is InChI=1S/C11H23N3O/c1-3-5-6-14(4-2)11(15)9-13-7-10(12)8-13/h10H,3-9,12H2,1-2H3. The Balaban J connectivity index is 2.23. The third-order valence-corrected chi connectivity index (χ3v) is 2.86. The molecule has 1 rings (SSSR count). The molecule has 4 nitrogen and oxygen atoms in total. The van der Waals surface area contributed by atoms with E-state index in [-0.39, 0.29) is 11.9 Å². The second kappa shape index (κ2) is 6.08. The molecule has 0 saturated carbocycles. The van der Waals surface area contributed by atoms with Crippen molar-refractivity contribution in [2.45, 2.75) is 32.7 Å². The first-order chi connectivity index (χ1) is 7.17. The lowest BCUT2D eigenvalue weighted by Gasteiger charge is -2.37. The molecule has 1 fully saturated rings. The van der Waals surface area contributed by atoms with E-state index < -0.39 is 0 Å². The van der Waals surface area contributed by atoms with Crippen LogP contribution in [0.25, 0.3) is 0 Å². The first kappa shape index (κ1) is 12.5. The molecule has 2 N–H and O–H groups in total. The van der Waals surface area contributed by atoms with Crippen molar-refractivity contribution >= 4 is 5.91 Å². The van der Waals surface area contributed by atoms with Crippen LogP contribution in [-0.2, 0) is 4.79 Å². The van der Waals surface area contributed by atoms with Crippen LogP contribution in [0.4, 0.5) is 0 Å². The van der Waals surface area contributed by atoms with E-state index in [1.165, 1.54) is 0 Å². The molecule has 88 valence electrons. The molecule has 0 radical (unpaired) electrons. The molecular formula is C11H23N3O. The fourth-order valence-corrected chi connectivity index (χ4v) is 1.84. The predicted octanol–water partition coefficient (Wildman–Crippen LogP) is 0.278. The van der Waals surface area contributed by atoms with Gasteiger partial charge in [-0.1, -0.05) is 13.3 Å². The Morgan fingerprint density at radius 2 is 2.13 bits per heavy atom. The van der Waals surface area contributed by atoms with Crippen molar-refractivity contribution in [2.75, 3.05) is 32.7 Å². The topological polar surface area (TPSA) is 49.6 Å². The van der Waals surface area contributed by atoms with Crippen molar-refractivity contribution < 1.29 is 4.79 Å². The van der Waals surface area contributed by atoms with Crippen molar-refractivity contribution in [1.29, 1.82) is 0 Å². The molecule has 0 unspecified atom stereocenters. The average molecular weight is 213 g/mol. The Morgan fingerprint density at radius 1 is 1.47 bits per heavy atom. The number of likely N-dealkylation sites (tertiary alicyclic amines) is 1. The lowest BCUT2D eigenvalue weighted by Crippen LogP contribution is -2.58. The smallest absolute Gasteiger partial charge is 0.236 e. The maximum atomic E-state index is 11.8. The molecule has 1 aliphatic rings. The van der Waals surface area contributed by atoms with Crippen LogP contribution in [0.1, 0.15) is 26.7 Å². The zero-order chi connectivity index (χ0) is 11.3. The van der Waals surface area contributed by atoms with Crippen LogP contribution in [0, 0.1) is 0 Å². The summed E-state index contributed by atoms with van der Waals surface area (Å²) >= 11 is 0. The van der Waals surface area contributed by atoms with Gasteiger partial charge in [0.15, 0.2) is 0 Å². The van der Waals surface area contributed by atoms with E-state index in [1.54, 1.807) is 0 Å². The van der Waals surface area contributed by atoms with Gasteiger partial charge in [0.25, 0.3) is 0 Å². The van der Waals surface area contributed by atoms with E-state index in [1.807, 2.05) is 11.8 Å². The molecule has 1 amide bonds. The van der Waals surface area contributed by atoms with Crippen LogP contribution in [0.15, 0.2) is 0 Å². The van der Waals surface area contributed by atoms with Gasteiger partial charge in [0, 0.05) is 32.2 Å². The first-order valence-corrected chi connectivity index (χ1v) is 5.93. The highest BCUT2D eigenvalue weighted by Gasteiger charge is 2.26. The van der Waals surface area contributed by atoms with Crippen LogP contribution in [0.5, 0.6) is 0 Å². The molecule has 15 heavy (non-hydrogen) atoms. The van der Waals surface area contributed by atoms with E-state index in [9.17, 15) is 4.79 Å². The third kappa shape index (κ3) is 3.80. The van der Waals surface area contributed by atoms with E-state index in [2.05, 4.69) is 11.8 Å². The summed E-state index contributed by atoms with van der Waals surface area (Å²) in [6, 6.07) is 0.281. The van der Waals surface area contributed by atoms with Gasteiger partial charge in [-0.3, -0.25) is 9.69 Å². The third-order valence-electron chi connectivity index (χ3n) is 2.86. The first-order valence-electron chi connectivity index (χ1n) is 5.93. The number of amides is 1. The van der Waals surface area contributed by atoms with Crippen LogP contribution in [-0.4, -0.2) is 54.5 Å². The number of carbonyl (C=O) groups is 1. The van der Waals surface area contributed by atoms with Gasteiger partial charge in [-0.25, -0.2) is 0 Å². The lowest BCUT2D eigenvalue weighted by atomic mass is 10.1. The maximum absolute atomic E-state index is 11.8. The summed E-state index contributed by atoms with van der Waals surface area (Å²) in [6.45, 7) is 8.19. The SMILES string of the molecule is CCCCN(CC)C(=O)CN1CC(N)C1. The minimum absolute atomic E-state index is 0.248. The molecule has 1 saturated heterocycles.